The molecule has 2 rings (SSSR count). The molecule has 3 nitrogen and oxygen atoms in total. The lowest BCUT2D eigenvalue weighted by Crippen LogP contribution is -2.21. The van der Waals surface area contributed by atoms with Gasteiger partial charge in [-0.2, -0.15) is 5.10 Å². The van der Waals surface area contributed by atoms with Crippen molar-refractivity contribution >= 4 is 15.9 Å². The number of rotatable bonds is 2. The van der Waals surface area contributed by atoms with E-state index in [1.165, 1.54) is 0 Å². The lowest BCUT2D eigenvalue weighted by molar-refractivity contribution is 0.202. The lowest BCUT2D eigenvalue weighted by Gasteiger charge is -2.10. The van der Waals surface area contributed by atoms with Crippen molar-refractivity contribution in [2.75, 3.05) is 6.61 Å². The van der Waals surface area contributed by atoms with Crippen molar-refractivity contribution in [3.05, 3.63) is 16.9 Å². The Hall–Kier alpha value is -0.350. The summed E-state index contributed by atoms with van der Waals surface area (Å²) in [7, 11) is 0. The van der Waals surface area contributed by atoms with Gasteiger partial charge in [0, 0.05) is 6.20 Å². The van der Waals surface area contributed by atoms with Crippen molar-refractivity contribution in [3.63, 3.8) is 0 Å². The van der Waals surface area contributed by atoms with Crippen molar-refractivity contribution < 1.29 is 5.11 Å². The first-order valence-electron chi connectivity index (χ1n) is 3.58. The second-order valence-corrected chi connectivity index (χ2v) is 3.90. The monoisotopic (exact) mass is 216 g/mol. The number of aliphatic hydroxyl groups is 1. The first-order valence-corrected chi connectivity index (χ1v) is 4.38. The lowest BCUT2D eigenvalue weighted by atomic mass is 10.3. The summed E-state index contributed by atoms with van der Waals surface area (Å²) in [5.74, 6) is 0. The summed E-state index contributed by atoms with van der Waals surface area (Å²) in [6.07, 6.45) is 5.73. The van der Waals surface area contributed by atoms with Gasteiger partial charge in [-0.15, -0.1) is 0 Å². The van der Waals surface area contributed by atoms with E-state index in [-0.39, 0.29) is 12.1 Å². The van der Waals surface area contributed by atoms with E-state index in [1.807, 2.05) is 10.9 Å². The Morgan fingerprint density at radius 1 is 1.73 bits per heavy atom. The number of nitrogens with zero attached hydrogens (tertiary/aromatic N) is 2. The van der Waals surface area contributed by atoms with E-state index in [4.69, 9.17) is 5.11 Å². The molecule has 1 aliphatic rings. The molecule has 1 aliphatic carbocycles. The molecule has 0 radical (unpaired) electrons. The standard InChI is InChI=1S/C7H9BrN2O/c8-6-3-9-10(4-6)7(5-11)1-2-7/h3-4,11H,1-2,5H2. The molecular formula is C7H9BrN2O. The van der Waals surface area contributed by atoms with Gasteiger partial charge in [-0.25, -0.2) is 0 Å². The van der Waals surface area contributed by atoms with Crippen molar-refractivity contribution in [2.24, 2.45) is 0 Å². The van der Waals surface area contributed by atoms with Gasteiger partial charge in [0.1, 0.15) is 0 Å². The SMILES string of the molecule is OCC1(n2cc(Br)cn2)CC1. The van der Waals surface area contributed by atoms with E-state index in [1.54, 1.807) is 6.20 Å². The quantitative estimate of drug-likeness (QED) is 0.806. The van der Waals surface area contributed by atoms with Crippen LogP contribution in [0, 0.1) is 0 Å². The summed E-state index contributed by atoms with van der Waals surface area (Å²) in [6.45, 7) is 0.196. The molecule has 1 aromatic rings. The van der Waals surface area contributed by atoms with Crippen molar-refractivity contribution in [1.82, 2.24) is 9.78 Å². The summed E-state index contributed by atoms with van der Waals surface area (Å²) < 4.78 is 2.81. The summed E-state index contributed by atoms with van der Waals surface area (Å²) in [6, 6.07) is 0. The number of aromatic nitrogens is 2. The molecular weight excluding hydrogens is 208 g/mol. The minimum atomic E-state index is -0.0635. The number of aliphatic hydroxyl groups excluding tert-OH is 1. The predicted octanol–water partition coefficient (Wildman–Crippen LogP) is 1.13. The predicted molar refractivity (Wildman–Crippen MR) is 44.2 cm³/mol. The van der Waals surface area contributed by atoms with Crippen LogP contribution in [0.25, 0.3) is 0 Å². The minimum absolute atomic E-state index is 0.0635. The highest BCUT2D eigenvalue weighted by Gasteiger charge is 2.44. The van der Waals surface area contributed by atoms with Gasteiger partial charge in [0.05, 0.1) is 22.8 Å². The third kappa shape index (κ3) is 1.10. The molecule has 1 saturated carbocycles. The molecule has 1 N–H and O–H groups in total. The number of hydrogen-bond acceptors (Lipinski definition) is 2. The maximum Gasteiger partial charge on any atom is 0.0859 e. The van der Waals surface area contributed by atoms with Gasteiger partial charge < -0.3 is 5.11 Å². The average Bonchev–Trinajstić information content (AvgIpc) is 2.70. The summed E-state index contributed by atoms with van der Waals surface area (Å²) >= 11 is 3.32. The van der Waals surface area contributed by atoms with E-state index >= 15 is 0 Å². The van der Waals surface area contributed by atoms with Crippen LogP contribution in [-0.2, 0) is 5.54 Å². The zero-order valence-corrected chi connectivity index (χ0v) is 7.58. The molecule has 0 aliphatic heterocycles. The van der Waals surface area contributed by atoms with Crippen LogP contribution in [0.2, 0.25) is 0 Å². The summed E-state index contributed by atoms with van der Waals surface area (Å²) in [5, 5.41) is 13.2. The molecule has 0 bridgehead atoms. The Morgan fingerprint density at radius 3 is 2.82 bits per heavy atom. The third-order valence-electron chi connectivity index (χ3n) is 2.16. The highest BCUT2D eigenvalue weighted by Crippen LogP contribution is 2.42. The zero-order valence-electron chi connectivity index (χ0n) is 6.00. The maximum absolute atomic E-state index is 9.04. The van der Waals surface area contributed by atoms with Gasteiger partial charge in [-0.05, 0) is 28.8 Å². The van der Waals surface area contributed by atoms with Crippen LogP contribution < -0.4 is 0 Å². The molecule has 1 heterocycles. The fourth-order valence-electron chi connectivity index (χ4n) is 1.16. The van der Waals surface area contributed by atoms with Crippen molar-refractivity contribution in [2.45, 2.75) is 18.4 Å². The van der Waals surface area contributed by atoms with E-state index in [0.29, 0.717) is 0 Å². The fraction of sp³-hybridized carbons (Fsp3) is 0.571. The summed E-state index contributed by atoms with van der Waals surface area (Å²) in [4.78, 5) is 0. The van der Waals surface area contributed by atoms with Crippen LogP contribution in [-0.4, -0.2) is 21.5 Å². The van der Waals surface area contributed by atoms with Gasteiger partial charge in [0.15, 0.2) is 0 Å². The van der Waals surface area contributed by atoms with E-state index in [0.717, 1.165) is 17.3 Å². The van der Waals surface area contributed by atoms with Crippen LogP contribution in [0.3, 0.4) is 0 Å². The zero-order chi connectivity index (χ0) is 7.90. The maximum atomic E-state index is 9.04. The van der Waals surface area contributed by atoms with Gasteiger partial charge in [0.2, 0.25) is 0 Å². The van der Waals surface area contributed by atoms with E-state index < -0.39 is 0 Å². The van der Waals surface area contributed by atoms with Gasteiger partial charge in [-0.3, -0.25) is 4.68 Å². The minimum Gasteiger partial charge on any atom is -0.394 e. The Kier molecular flexibility index (Phi) is 1.54. The molecule has 60 valence electrons. The molecule has 11 heavy (non-hydrogen) atoms. The van der Waals surface area contributed by atoms with Gasteiger partial charge in [0.25, 0.3) is 0 Å². The summed E-state index contributed by atoms with van der Waals surface area (Å²) in [5.41, 5.74) is -0.0635. The third-order valence-corrected chi connectivity index (χ3v) is 2.57. The smallest absolute Gasteiger partial charge is 0.0859 e. The number of hydrogen-bond donors (Lipinski definition) is 1. The first kappa shape index (κ1) is 7.31. The first-order chi connectivity index (χ1) is 5.27. The molecule has 0 aromatic carbocycles. The Bertz CT molecular complexity index is 267. The molecule has 0 amide bonds. The largest absolute Gasteiger partial charge is 0.394 e. The second-order valence-electron chi connectivity index (χ2n) is 2.99. The van der Waals surface area contributed by atoms with E-state index in [9.17, 15) is 0 Å². The highest BCUT2D eigenvalue weighted by atomic mass is 79.9. The normalized spacial score (nSPS) is 20.2. The topological polar surface area (TPSA) is 38.0 Å². The van der Waals surface area contributed by atoms with Crippen LogP contribution in [0.15, 0.2) is 16.9 Å². The highest BCUT2D eigenvalue weighted by molar-refractivity contribution is 9.10. The Balaban J connectivity index is 2.29. The number of halogens is 1. The molecule has 0 atom stereocenters. The van der Waals surface area contributed by atoms with E-state index in [2.05, 4.69) is 21.0 Å². The molecule has 0 saturated heterocycles. The fourth-order valence-corrected chi connectivity index (χ4v) is 1.45. The van der Waals surface area contributed by atoms with Gasteiger partial charge in [-0.1, -0.05) is 0 Å². The van der Waals surface area contributed by atoms with Crippen molar-refractivity contribution in [3.8, 4) is 0 Å². The van der Waals surface area contributed by atoms with Crippen LogP contribution in [0.5, 0.6) is 0 Å². The van der Waals surface area contributed by atoms with Crippen LogP contribution in [0.4, 0.5) is 0 Å². The average molecular weight is 217 g/mol. The van der Waals surface area contributed by atoms with Gasteiger partial charge >= 0.3 is 0 Å². The molecule has 4 heteroatoms. The van der Waals surface area contributed by atoms with Crippen molar-refractivity contribution in [1.29, 1.82) is 0 Å². The molecule has 1 fully saturated rings. The van der Waals surface area contributed by atoms with Crippen LogP contribution >= 0.6 is 15.9 Å². The van der Waals surface area contributed by atoms with Crippen LogP contribution in [0.1, 0.15) is 12.8 Å². The molecule has 0 spiro atoms. The molecule has 0 unspecified atom stereocenters. The molecule has 1 aromatic heterocycles. The second kappa shape index (κ2) is 2.32. The Labute approximate surface area is 73.2 Å². The Morgan fingerprint density at radius 2 is 2.45 bits per heavy atom.